The number of hydrogen-bond donors (Lipinski definition) is 0. The van der Waals surface area contributed by atoms with Crippen molar-refractivity contribution >= 4 is 34.8 Å². The van der Waals surface area contributed by atoms with Crippen molar-refractivity contribution in [3.05, 3.63) is 87.9 Å². The van der Waals surface area contributed by atoms with Crippen molar-refractivity contribution in [2.75, 3.05) is 4.90 Å². The van der Waals surface area contributed by atoms with Crippen LogP contribution in [0.1, 0.15) is 37.0 Å². The third-order valence-electron chi connectivity index (χ3n) is 4.73. The van der Waals surface area contributed by atoms with Gasteiger partial charge in [-0.1, -0.05) is 17.3 Å². The fourth-order valence-corrected chi connectivity index (χ4v) is 3.84. The van der Waals surface area contributed by atoms with Crippen LogP contribution in [0, 0.1) is 0 Å². The molecule has 31 heavy (non-hydrogen) atoms. The van der Waals surface area contributed by atoms with Gasteiger partial charge in [0.05, 0.1) is 22.4 Å². The number of carbonyl (C=O) groups excluding carboxylic acids is 3. The summed E-state index contributed by atoms with van der Waals surface area (Å²) in [5.74, 6) is -0.776. The smallest absolute Gasteiger partial charge is 0.338 e. The summed E-state index contributed by atoms with van der Waals surface area (Å²) in [6.45, 7) is -0.171. The minimum Gasteiger partial charge on any atom is -0.452 e. The van der Waals surface area contributed by atoms with Crippen molar-refractivity contribution in [1.82, 2.24) is 10.1 Å². The lowest BCUT2D eigenvalue weighted by Crippen LogP contribution is -2.29. The van der Waals surface area contributed by atoms with Crippen LogP contribution in [-0.4, -0.2) is 27.9 Å². The van der Waals surface area contributed by atoms with Gasteiger partial charge in [0, 0.05) is 10.9 Å². The molecule has 3 heterocycles. The Morgan fingerprint density at radius 2 is 1.71 bits per heavy atom. The zero-order valence-electron chi connectivity index (χ0n) is 15.8. The number of aromatic nitrogens is 2. The number of fused-ring (bicyclic) bond motifs is 1. The third kappa shape index (κ3) is 3.40. The molecule has 9 heteroatoms. The first kappa shape index (κ1) is 18.9. The van der Waals surface area contributed by atoms with Crippen LogP contribution in [0.4, 0.5) is 5.69 Å². The molecule has 0 atom stereocenters. The van der Waals surface area contributed by atoms with Crippen molar-refractivity contribution in [3.63, 3.8) is 0 Å². The highest BCUT2D eigenvalue weighted by Crippen LogP contribution is 2.28. The van der Waals surface area contributed by atoms with E-state index >= 15 is 0 Å². The largest absolute Gasteiger partial charge is 0.452 e. The van der Waals surface area contributed by atoms with E-state index in [-0.39, 0.29) is 18.1 Å². The van der Waals surface area contributed by atoms with Gasteiger partial charge in [0.25, 0.3) is 17.7 Å². The summed E-state index contributed by atoms with van der Waals surface area (Å²) in [7, 11) is 0. The number of anilines is 1. The first-order valence-electron chi connectivity index (χ1n) is 9.22. The second kappa shape index (κ2) is 7.62. The van der Waals surface area contributed by atoms with Crippen LogP contribution < -0.4 is 4.90 Å². The monoisotopic (exact) mass is 431 g/mol. The van der Waals surface area contributed by atoms with E-state index in [2.05, 4.69) is 10.1 Å². The molecule has 1 aliphatic heterocycles. The predicted molar refractivity (Wildman–Crippen MR) is 111 cm³/mol. The Morgan fingerprint density at radius 3 is 2.35 bits per heavy atom. The molecule has 0 saturated carbocycles. The summed E-state index contributed by atoms with van der Waals surface area (Å²) in [6.07, 6.45) is 0. The van der Waals surface area contributed by atoms with Crippen LogP contribution >= 0.6 is 11.3 Å². The summed E-state index contributed by atoms with van der Waals surface area (Å²) in [5, 5.41) is 7.64. The molecule has 0 unspecified atom stereocenters. The van der Waals surface area contributed by atoms with E-state index in [0.29, 0.717) is 22.6 Å². The Morgan fingerprint density at radius 1 is 1.00 bits per heavy atom. The van der Waals surface area contributed by atoms with Gasteiger partial charge < -0.3 is 9.26 Å². The number of thiophene rings is 1. The molecule has 0 N–H and O–H groups in total. The highest BCUT2D eigenvalue weighted by molar-refractivity contribution is 7.08. The Labute approximate surface area is 179 Å². The van der Waals surface area contributed by atoms with Crippen LogP contribution in [0.3, 0.4) is 0 Å². The summed E-state index contributed by atoms with van der Waals surface area (Å²) in [4.78, 5) is 42.7. The summed E-state index contributed by atoms with van der Waals surface area (Å²) >= 11 is 1.51. The van der Waals surface area contributed by atoms with Crippen LogP contribution in [0.2, 0.25) is 0 Å². The zero-order chi connectivity index (χ0) is 21.4. The molecule has 2 aromatic carbocycles. The molecule has 1 aliphatic rings. The number of ether oxygens (including phenoxy) is 1. The first-order valence-corrected chi connectivity index (χ1v) is 10.2. The minimum absolute atomic E-state index is 0.171. The highest BCUT2D eigenvalue weighted by Gasteiger charge is 2.36. The number of carbonyl (C=O) groups is 3. The van der Waals surface area contributed by atoms with E-state index in [1.165, 1.54) is 35.6 Å². The minimum atomic E-state index is -0.593. The molecular weight excluding hydrogens is 418 g/mol. The molecule has 152 valence electrons. The number of esters is 1. The lowest BCUT2D eigenvalue weighted by molar-refractivity contribution is 0.0429. The number of rotatable bonds is 5. The Bertz CT molecular complexity index is 1260. The summed E-state index contributed by atoms with van der Waals surface area (Å²) in [6, 6.07) is 14.5. The number of amides is 2. The molecule has 8 nitrogen and oxygen atoms in total. The van der Waals surface area contributed by atoms with E-state index < -0.39 is 17.8 Å². The predicted octanol–water partition coefficient (Wildman–Crippen LogP) is 3.96. The quantitative estimate of drug-likeness (QED) is 0.348. The Balaban J connectivity index is 1.26. The van der Waals surface area contributed by atoms with Gasteiger partial charge in [-0.3, -0.25) is 9.59 Å². The molecule has 2 amide bonds. The van der Waals surface area contributed by atoms with Crippen molar-refractivity contribution in [1.29, 1.82) is 0 Å². The topological polar surface area (TPSA) is 103 Å². The molecule has 0 bridgehead atoms. The standard InChI is InChI=1S/C22H13N3O5S/c26-20-16-3-1-2-4-17(16)21(27)25(20)15-7-5-13(6-8-15)22(28)29-11-18-23-19(24-30-18)14-9-10-31-12-14/h1-10,12H,11H2. The maximum Gasteiger partial charge on any atom is 0.338 e. The number of benzene rings is 2. The normalized spacial score (nSPS) is 12.8. The third-order valence-corrected chi connectivity index (χ3v) is 5.41. The molecule has 0 radical (unpaired) electrons. The summed E-state index contributed by atoms with van der Waals surface area (Å²) < 4.78 is 10.3. The molecular formula is C22H13N3O5S. The lowest BCUT2D eigenvalue weighted by Gasteiger charge is -2.14. The van der Waals surface area contributed by atoms with Crippen molar-refractivity contribution in [2.45, 2.75) is 6.61 Å². The second-order valence-electron chi connectivity index (χ2n) is 6.64. The van der Waals surface area contributed by atoms with E-state index in [9.17, 15) is 14.4 Å². The second-order valence-corrected chi connectivity index (χ2v) is 7.42. The van der Waals surface area contributed by atoms with Gasteiger partial charge in [-0.2, -0.15) is 16.3 Å². The van der Waals surface area contributed by atoms with E-state index in [4.69, 9.17) is 9.26 Å². The fourth-order valence-electron chi connectivity index (χ4n) is 3.20. The number of imide groups is 1. The highest BCUT2D eigenvalue weighted by atomic mass is 32.1. The molecule has 5 rings (SSSR count). The van der Waals surface area contributed by atoms with Crippen LogP contribution in [0.15, 0.2) is 69.9 Å². The van der Waals surface area contributed by atoms with E-state index in [1.54, 1.807) is 24.3 Å². The number of hydrogen-bond acceptors (Lipinski definition) is 8. The van der Waals surface area contributed by atoms with E-state index in [0.717, 1.165) is 10.5 Å². The van der Waals surface area contributed by atoms with Gasteiger partial charge in [-0.05, 0) is 47.8 Å². The molecule has 4 aromatic rings. The Kier molecular flexibility index (Phi) is 4.64. The van der Waals surface area contributed by atoms with Crippen molar-refractivity contribution in [2.24, 2.45) is 0 Å². The van der Waals surface area contributed by atoms with Gasteiger partial charge >= 0.3 is 5.97 Å². The van der Waals surface area contributed by atoms with Gasteiger partial charge in [0.15, 0.2) is 6.61 Å². The maximum atomic E-state index is 12.6. The van der Waals surface area contributed by atoms with Crippen LogP contribution in [-0.2, 0) is 11.3 Å². The molecule has 0 spiro atoms. The first-order chi connectivity index (χ1) is 15.1. The maximum absolute atomic E-state index is 12.6. The average molecular weight is 431 g/mol. The van der Waals surface area contributed by atoms with Gasteiger partial charge in [-0.15, -0.1) is 0 Å². The van der Waals surface area contributed by atoms with Gasteiger partial charge in [-0.25, -0.2) is 9.69 Å². The van der Waals surface area contributed by atoms with Crippen molar-refractivity contribution in [3.8, 4) is 11.4 Å². The van der Waals surface area contributed by atoms with Crippen LogP contribution in [0.5, 0.6) is 0 Å². The molecule has 2 aromatic heterocycles. The zero-order valence-corrected chi connectivity index (χ0v) is 16.7. The molecule has 0 fully saturated rings. The molecule has 0 saturated heterocycles. The van der Waals surface area contributed by atoms with E-state index in [1.807, 2.05) is 16.8 Å². The van der Waals surface area contributed by atoms with Crippen LogP contribution in [0.25, 0.3) is 11.4 Å². The number of nitrogens with zero attached hydrogens (tertiary/aromatic N) is 3. The molecule has 0 aliphatic carbocycles. The lowest BCUT2D eigenvalue weighted by atomic mass is 10.1. The van der Waals surface area contributed by atoms with Crippen molar-refractivity contribution < 1.29 is 23.6 Å². The fraction of sp³-hybridized carbons (Fsp3) is 0.0455. The SMILES string of the molecule is O=C(OCc1nc(-c2ccsc2)no1)c1ccc(N2C(=O)c3ccccc3C2=O)cc1. The van der Waals surface area contributed by atoms with Gasteiger partial charge in [0.2, 0.25) is 5.82 Å². The summed E-state index contributed by atoms with van der Waals surface area (Å²) in [5.41, 5.74) is 2.18. The average Bonchev–Trinajstić information content (AvgIpc) is 3.54. The Hall–Kier alpha value is -4.11. The van der Waals surface area contributed by atoms with Gasteiger partial charge in [0.1, 0.15) is 0 Å².